The minimum absolute atomic E-state index is 0.0858. The molecule has 2 unspecified atom stereocenters. The molecule has 1 saturated heterocycles. The number of hydrogen-bond donors (Lipinski definition) is 1. The first-order valence-corrected chi connectivity index (χ1v) is 3.91. The molecule has 0 spiro atoms. The van der Waals surface area contributed by atoms with E-state index in [0.717, 1.165) is 4.90 Å². The molecule has 6 heteroatoms. The second kappa shape index (κ2) is 3.95. The zero-order valence-electron chi connectivity index (χ0n) is 6.79. The topological polar surface area (TPSA) is 40.5 Å². The van der Waals surface area contributed by atoms with Gasteiger partial charge in [0, 0.05) is 13.1 Å². The number of likely N-dealkylation sites (tertiary alicyclic amines) is 1. The third kappa shape index (κ3) is 2.33. The molecule has 1 aliphatic rings. The summed E-state index contributed by atoms with van der Waals surface area (Å²) in [6.45, 7) is -0.0384. The van der Waals surface area contributed by atoms with E-state index in [1.807, 2.05) is 0 Å². The molecule has 0 aromatic heterocycles. The number of carbonyl (C=O) groups is 1. The van der Waals surface area contributed by atoms with E-state index in [2.05, 4.69) is 0 Å². The third-order valence-electron chi connectivity index (χ3n) is 2.13. The normalized spacial score (nSPS) is 26.6. The maximum Gasteiger partial charge on any atom is 0.307 e. The summed E-state index contributed by atoms with van der Waals surface area (Å²) in [5.74, 6) is -1.76. The van der Waals surface area contributed by atoms with Gasteiger partial charge in [-0.25, -0.2) is 13.2 Å². The summed E-state index contributed by atoms with van der Waals surface area (Å²) in [5, 5.41) is 8.51. The van der Waals surface area contributed by atoms with Crippen molar-refractivity contribution in [1.82, 2.24) is 4.90 Å². The molecule has 0 bridgehead atoms. The smallest absolute Gasteiger partial charge is 0.307 e. The lowest BCUT2D eigenvalue weighted by Gasteiger charge is -2.19. The van der Waals surface area contributed by atoms with Crippen LogP contribution in [0.3, 0.4) is 0 Å². The first kappa shape index (κ1) is 10.3. The van der Waals surface area contributed by atoms with Gasteiger partial charge < -0.3 is 5.11 Å². The van der Waals surface area contributed by atoms with E-state index >= 15 is 0 Å². The van der Waals surface area contributed by atoms with E-state index < -0.39 is 24.6 Å². The molecule has 0 amide bonds. The van der Waals surface area contributed by atoms with Gasteiger partial charge in [0.05, 0.1) is 5.92 Å². The summed E-state index contributed by atoms with van der Waals surface area (Å²) >= 11 is 0. The summed E-state index contributed by atoms with van der Waals surface area (Å²) < 4.78 is 36.3. The highest BCUT2D eigenvalue weighted by molar-refractivity contribution is 5.70. The summed E-state index contributed by atoms with van der Waals surface area (Å²) in [7, 11) is 0. The maximum atomic E-state index is 12.7. The largest absolute Gasteiger partial charge is 0.481 e. The Morgan fingerprint density at radius 2 is 2.08 bits per heavy atom. The summed E-state index contributed by atoms with van der Waals surface area (Å²) in [6.07, 6.45) is -5.15. The highest BCUT2D eigenvalue weighted by Gasteiger charge is 2.35. The molecule has 1 heterocycles. The number of carboxylic acid groups (broad SMARTS) is 1. The van der Waals surface area contributed by atoms with Crippen LogP contribution in [-0.4, -0.2) is 41.8 Å². The molecular weight excluding hydrogens is 187 g/mol. The quantitative estimate of drug-likeness (QED) is 0.685. The summed E-state index contributed by atoms with van der Waals surface area (Å²) in [4.78, 5) is 11.3. The second-order valence-corrected chi connectivity index (χ2v) is 3.03. The van der Waals surface area contributed by atoms with E-state index in [1.54, 1.807) is 0 Å². The minimum Gasteiger partial charge on any atom is -0.481 e. The average molecular weight is 197 g/mol. The van der Waals surface area contributed by atoms with Crippen molar-refractivity contribution in [2.75, 3.05) is 13.1 Å². The maximum absolute atomic E-state index is 12.7. The first-order chi connectivity index (χ1) is 6.02. The van der Waals surface area contributed by atoms with Crippen molar-refractivity contribution in [3.8, 4) is 0 Å². The lowest BCUT2D eigenvalue weighted by Crippen LogP contribution is -2.35. The molecule has 1 fully saturated rings. The van der Waals surface area contributed by atoms with Gasteiger partial charge in [-0.15, -0.1) is 0 Å². The Morgan fingerprint density at radius 1 is 1.46 bits per heavy atom. The van der Waals surface area contributed by atoms with Gasteiger partial charge in [-0.2, -0.15) is 0 Å². The Bertz CT molecular complexity index is 200. The van der Waals surface area contributed by atoms with Crippen LogP contribution in [0, 0.1) is 5.92 Å². The van der Waals surface area contributed by atoms with Crippen LogP contribution in [0.5, 0.6) is 0 Å². The second-order valence-electron chi connectivity index (χ2n) is 3.03. The number of hydrogen-bond acceptors (Lipinski definition) is 2. The molecule has 0 aliphatic carbocycles. The molecule has 0 aromatic carbocycles. The molecule has 3 nitrogen and oxygen atoms in total. The van der Waals surface area contributed by atoms with Gasteiger partial charge in [0.25, 0.3) is 6.43 Å². The zero-order chi connectivity index (χ0) is 10.0. The predicted octanol–water partition coefficient (Wildman–Crippen LogP) is 0.954. The van der Waals surface area contributed by atoms with Gasteiger partial charge in [-0.05, 0) is 6.42 Å². The monoisotopic (exact) mass is 197 g/mol. The molecule has 1 rings (SSSR count). The van der Waals surface area contributed by atoms with Crippen LogP contribution in [0.25, 0.3) is 0 Å². The van der Waals surface area contributed by atoms with Crippen molar-refractivity contribution in [2.24, 2.45) is 5.92 Å². The van der Waals surface area contributed by atoms with Crippen LogP contribution in [0.15, 0.2) is 0 Å². The molecule has 0 radical (unpaired) electrons. The highest BCUT2D eigenvalue weighted by Crippen LogP contribution is 2.22. The van der Waals surface area contributed by atoms with Crippen molar-refractivity contribution < 1.29 is 23.1 Å². The molecule has 2 atom stereocenters. The van der Waals surface area contributed by atoms with Gasteiger partial charge >= 0.3 is 5.97 Å². The number of alkyl halides is 3. The van der Waals surface area contributed by atoms with Crippen LogP contribution in [0.2, 0.25) is 0 Å². The predicted molar refractivity (Wildman–Crippen MR) is 38.2 cm³/mol. The van der Waals surface area contributed by atoms with Crippen LogP contribution >= 0.6 is 0 Å². The van der Waals surface area contributed by atoms with Crippen molar-refractivity contribution in [3.05, 3.63) is 0 Å². The number of carboxylic acids is 1. The van der Waals surface area contributed by atoms with Gasteiger partial charge in [0.15, 0.2) is 0 Å². The molecule has 1 N–H and O–H groups in total. The fraction of sp³-hybridized carbons (Fsp3) is 0.857. The van der Waals surface area contributed by atoms with Crippen molar-refractivity contribution in [2.45, 2.75) is 19.1 Å². The van der Waals surface area contributed by atoms with Gasteiger partial charge in [-0.1, -0.05) is 0 Å². The lowest BCUT2D eigenvalue weighted by molar-refractivity contribution is -0.141. The van der Waals surface area contributed by atoms with E-state index in [0.29, 0.717) is 0 Å². The first-order valence-electron chi connectivity index (χ1n) is 3.91. The van der Waals surface area contributed by atoms with Gasteiger partial charge in [0.2, 0.25) is 6.30 Å². The van der Waals surface area contributed by atoms with E-state index in [1.165, 1.54) is 0 Å². The molecule has 76 valence electrons. The Kier molecular flexibility index (Phi) is 3.13. The highest BCUT2D eigenvalue weighted by atomic mass is 19.3. The molecule has 1 aliphatic heterocycles. The number of rotatable bonds is 3. The van der Waals surface area contributed by atoms with E-state index in [4.69, 9.17) is 5.11 Å². The molecule has 0 aromatic rings. The third-order valence-corrected chi connectivity index (χ3v) is 2.13. The number of aliphatic carboxylic acids is 1. The van der Waals surface area contributed by atoms with Gasteiger partial charge in [0.1, 0.15) is 0 Å². The van der Waals surface area contributed by atoms with Crippen molar-refractivity contribution in [1.29, 1.82) is 0 Å². The SMILES string of the molecule is O=C(O)C1CCN(C(F)C(F)F)C1. The van der Waals surface area contributed by atoms with Crippen LogP contribution in [0.4, 0.5) is 13.2 Å². The fourth-order valence-electron chi connectivity index (χ4n) is 1.37. The number of nitrogens with zero attached hydrogens (tertiary/aromatic N) is 1. The van der Waals surface area contributed by atoms with Crippen LogP contribution in [0.1, 0.15) is 6.42 Å². The minimum atomic E-state index is -3.06. The summed E-state index contributed by atoms with van der Waals surface area (Å²) in [5.41, 5.74) is 0. The Hall–Kier alpha value is -0.780. The van der Waals surface area contributed by atoms with Gasteiger partial charge in [-0.3, -0.25) is 9.69 Å². The molecule has 0 saturated carbocycles. The Morgan fingerprint density at radius 3 is 2.46 bits per heavy atom. The Labute approximate surface area is 73.1 Å². The van der Waals surface area contributed by atoms with Crippen LogP contribution < -0.4 is 0 Å². The standard InChI is InChI=1S/C7H10F3NO2/c8-5(9)6(10)11-2-1-4(3-11)7(12)13/h4-6H,1-3H2,(H,12,13). The Balaban J connectivity index is 2.45. The molecular formula is C7H10F3NO2. The lowest BCUT2D eigenvalue weighted by atomic mass is 10.1. The van der Waals surface area contributed by atoms with Crippen molar-refractivity contribution >= 4 is 5.97 Å². The van der Waals surface area contributed by atoms with E-state index in [9.17, 15) is 18.0 Å². The zero-order valence-corrected chi connectivity index (χ0v) is 6.79. The average Bonchev–Trinajstić information content (AvgIpc) is 2.50. The molecule has 13 heavy (non-hydrogen) atoms. The van der Waals surface area contributed by atoms with Crippen LogP contribution in [-0.2, 0) is 4.79 Å². The summed E-state index contributed by atoms with van der Waals surface area (Å²) in [6, 6.07) is 0. The van der Waals surface area contributed by atoms with E-state index in [-0.39, 0.29) is 19.5 Å². The fourth-order valence-corrected chi connectivity index (χ4v) is 1.37. The van der Waals surface area contributed by atoms with Crippen molar-refractivity contribution in [3.63, 3.8) is 0 Å². The number of halogens is 3.